The van der Waals surface area contributed by atoms with Crippen LogP contribution in [0.4, 0.5) is 0 Å². The van der Waals surface area contributed by atoms with Crippen molar-refractivity contribution in [3.63, 3.8) is 0 Å². The largest absolute Gasteiger partial charge is 0.310 e. The third-order valence-electron chi connectivity index (χ3n) is 5.90. The molecule has 19 heavy (non-hydrogen) atoms. The molecule has 0 aromatic carbocycles. The van der Waals surface area contributed by atoms with E-state index in [1.807, 2.05) is 0 Å². The maximum atomic E-state index is 4.03. The molecule has 3 nitrogen and oxygen atoms in total. The fourth-order valence-corrected chi connectivity index (χ4v) is 4.62. The zero-order valence-corrected chi connectivity index (χ0v) is 12.2. The van der Waals surface area contributed by atoms with Crippen LogP contribution < -0.4 is 5.32 Å². The van der Waals surface area contributed by atoms with Gasteiger partial charge in [-0.1, -0.05) is 6.42 Å². The molecule has 3 heteroatoms. The van der Waals surface area contributed by atoms with Crippen LogP contribution in [-0.4, -0.2) is 60.1 Å². The Morgan fingerprint density at radius 1 is 0.684 bits per heavy atom. The van der Waals surface area contributed by atoms with Crippen LogP contribution in [0.5, 0.6) is 0 Å². The van der Waals surface area contributed by atoms with E-state index < -0.39 is 0 Å². The van der Waals surface area contributed by atoms with Gasteiger partial charge in [-0.3, -0.25) is 4.90 Å². The molecule has 1 aliphatic carbocycles. The number of fused-ring (bicyclic) bond motifs is 1. The molecule has 2 unspecified atom stereocenters. The number of rotatable bonds is 3. The summed E-state index contributed by atoms with van der Waals surface area (Å²) in [7, 11) is 0. The second-order valence-corrected chi connectivity index (χ2v) is 7.20. The lowest BCUT2D eigenvalue weighted by Crippen LogP contribution is -2.51. The number of hydrogen-bond donors (Lipinski definition) is 1. The summed E-state index contributed by atoms with van der Waals surface area (Å²) in [5.41, 5.74) is 0. The van der Waals surface area contributed by atoms with Gasteiger partial charge < -0.3 is 10.2 Å². The lowest BCUT2D eigenvalue weighted by atomic mass is 9.96. The van der Waals surface area contributed by atoms with Crippen molar-refractivity contribution in [3.05, 3.63) is 0 Å². The molecule has 3 heterocycles. The first kappa shape index (κ1) is 12.6. The van der Waals surface area contributed by atoms with Crippen molar-refractivity contribution in [2.24, 2.45) is 0 Å². The molecular weight excluding hydrogens is 234 g/mol. The van der Waals surface area contributed by atoms with Gasteiger partial charge >= 0.3 is 0 Å². The topological polar surface area (TPSA) is 18.5 Å². The van der Waals surface area contributed by atoms with E-state index in [0.717, 1.165) is 24.2 Å². The van der Waals surface area contributed by atoms with E-state index in [9.17, 15) is 0 Å². The van der Waals surface area contributed by atoms with Gasteiger partial charge in [0.05, 0.1) is 0 Å². The second kappa shape index (κ2) is 5.34. The predicted octanol–water partition coefficient (Wildman–Crippen LogP) is 1.83. The summed E-state index contributed by atoms with van der Waals surface area (Å²) in [5.74, 6) is 0. The summed E-state index contributed by atoms with van der Waals surface area (Å²) in [6, 6.07) is 3.45. The van der Waals surface area contributed by atoms with Gasteiger partial charge in [-0.25, -0.2) is 0 Å². The molecule has 0 bridgehead atoms. The van der Waals surface area contributed by atoms with Crippen molar-refractivity contribution < 1.29 is 0 Å². The normalized spacial score (nSPS) is 38.5. The molecule has 3 saturated heterocycles. The minimum absolute atomic E-state index is 0.803. The van der Waals surface area contributed by atoms with Crippen molar-refractivity contribution in [2.45, 2.75) is 75.5 Å². The molecular formula is C16H29N3. The van der Waals surface area contributed by atoms with Crippen LogP contribution in [0.25, 0.3) is 0 Å². The maximum Gasteiger partial charge on any atom is 0.0249 e. The zero-order chi connectivity index (χ0) is 12.7. The van der Waals surface area contributed by atoms with E-state index >= 15 is 0 Å². The summed E-state index contributed by atoms with van der Waals surface area (Å²) in [6.07, 6.45) is 11.4. The molecule has 4 fully saturated rings. The van der Waals surface area contributed by atoms with Crippen LogP contribution in [0.1, 0.15) is 51.4 Å². The SMILES string of the molecule is C1CCN2CCC(NC3CCN(C4CC4)CC3)C2C1. The second-order valence-electron chi connectivity index (χ2n) is 7.20. The van der Waals surface area contributed by atoms with E-state index in [-0.39, 0.29) is 0 Å². The lowest BCUT2D eigenvalue weighted by Gasteiger charge is -2.37. The highest BCUT2D eigenvalue weighted by Gasteiger charge is 2.37. The molecule has 4 aliphatic rings. The maximum absolute atomic E-state index is 4.03. The summed E-state index contributed by atoms with van der Waals surface area (Å²) >= 11 is 0. The van der Waals surface area contributed by atoms with Gasteiger partial charge in [0.15, 0.2) is 0 Å². The van der Waals surface area contributed by atoms with Gasteiger partial charge in [0, 0.05) is 30.7 Å². The number of hydrogen-bond acceptors (Lipinski definition) is 3. The van der Waals surface area contributed by atoms with Crippen LogP contribution in [0.2, 0.25) is 0 Å². The average molecular weight is 263 g/mol. The summed E-state index contributed by atoms with van der Waals surface area (Å²) < 4.78 is 0. The Bertz CT molecular complexity index is 307. The standard InChI is InChI=1S/C16H29N3/c1-2-9-19-12-8-15(16(19)3-1)17-13-6-10-18(11-7-13)14-4-5-14/h13-17H,1-12H2. The Hall–Kier alpha value is -0.120. The predicted molar refractivity (Wildman–Crippen MR) is 78.4 cm³/mol. The molecule has 0 amide bonds. The molecule has 1 saturated carbocycles. The van der Waals surface area contributed by atoms with Gasteiger partial charge in [0.25, 0.3) is 0 Å². The molecule has 0 spiro atoms. The number of piperidine rings is 2. The van der Waals surface area contributed by atoms with E-state index in [0.29, 0.717) is 0 Å². The highest BCUT2D eigenvalue weighted by Crippen LogP contribution is 2.31. The third kappa shape index (κ3) is 2.70. The van der Waals surface area contributed by atoms with Crippen molar-refractivity contribution in [1.82, 2.24) is 15.1 Å². The first-order valence-electron chi connectivity index (χ1n) is 8.64. The van der Waals surface area contributed by atoms with Gasteiger partial charge in [-0.15, -0.1) is 0 Å². The minimum Gasteiger partial charge on any atom is -0.310 e. The first-order chi connectivity index (χ1) is 9.40. The Morgan fingerprint density at radius 3 is 2.26 bits per heavy atom. The van der Waals surface area contributed by atoms with Crippen LogP contribution >= 0.6 is 0 Å². The van der Waals surface area contributed by atoms with E-state index in [1.54, 1.807) is 0 Å². The quantitative estimate of drug-likeness (QED) is 0.838. The first-order valence-corrected chi connectivity index (χ1v) is 8.64. The molecule has 108 valence electrons. The van der Waals surface area contributed by atoms with E-state index in [2.05, 4.69) is 15.1 Å². The van der Waals surface area contributed by atoms with Gasteiger partial charge in [0.2, 0.25) is 0 Å². The van der Waals surface area contributed by atoms with E-state index in [4.69, 9.17) is 0 Å². The van der Waals surface area contributed by atoms with Crippen LogP contribution in [0.15, 0.2) is 0 Å². The molecule has 0 aromatic rings. The summed E-state index contributed by atoms with van der Waals surface area (Å²) in [6.45, 7) is 5.42. The Kier molecular flexibility index (Phi) is 3.55. The molecule has 1 N–H and O–H groups in total. The van der Waals surface area contributed by atoms with Gasteiger partial charge in [-0.2, -0.15) is 0 Å². The molecule has 2 atom stereocenters. The fraction of sp³-hybridized carbons (Fsp3) is 1.00. The van der Waals surface area contributed by atoms with Crippen LogP contribution in [0, 0.1) is 0 Å². The highest BCUT2D eigenvalue weighted by atomic mass is 15.2. The molecule has 0 radical (unpaired) electrons. The monoisotopic (exact) mass is 263 g/mol. The lowest BCUT2D eigenvalue weighted by molar-refractivity contribution is 0.154. The zero-order valence-electron chi connectivity index (χ0n) is 12.2. The minimum atomic E-state index is 0.803. The Balaban J connectivity index is 1.27. The van der Waals surface area contributed by atoms with Crippen molar-refractivity contribution >= 4 is 0 Å². The Morgan fingerprint density at radius 2 is 1.47 bits per heavy atom. The van der Waals surface area contributed by atoms with Crippen molar-refractivity contribution in [2.75, 3.05) is 26.2 Å². The van der Waals surface area contributed by atoms with Gasteiger partial charge in [-0.05, 0) is 64.6 Å². The molecule has 0 aromatic heterocycles. The van der Waals surface area contributed by atoms with Crippen LogP contribution in [0.3, 0.4) is 0 Å². The van der Waals surface area contributed by atoms with Crippen molar-refractivity contribution in [1.29, 1.82) is 0 Å². The number of nitrogens with one attached hydrogen (secondary N) is 1. The Labute approximate surface area is 117 Å². The smallest absolute Gasteiger partial charge is 0.0249 e. The van der Waals surface area contributed by atoms with Gasteiger partial charge in [0.1, 0.15) is 0 Å². The van der Waals surface area contributed by atoms with Crippen LogP contribution in [-0.2, 0) is 0 Å². The molecule has 4 rings (SSSR count). The average Bonchev–Trinajstić information content (AvgIpc) is 3.23. The van der Waals surface area contributed by atoms with E-state index in [1.165, 1.54) is 77.5 Å². The summed E-state index contributed by atoms with van der Waals surface area (Å²) in [5, 5.41) is 4.03. The molecule has 3 aliphatic heterocycles. The highest BCUT2D eigenvalue weighted by molar-refractivity contribution is 4.96. The fourth-order valence-electron chi connectivity index (χ4n) is 4.62. The summed E-state index contributed by atoms with van der Waals surface area (Å²) in [4.78, 5) is 5.49. The number of nitrogens with zero attached hydrogens (tertiary/aromatic N) is 2. The third-order valence-corrected chi connectivity index (χ3v) is 5.90. The van der Waals surface area contributed by atoms with Crippen molar-refractivity contribution in [3.8, 4) is 0 Å². The number of likely N-dealkylation sites (tertiary alicyclic amines) is 1.